The number of amides is 2. The molecule has 0 aromatic carbocycles. The Labute approximate surface area is 149 Å². The number of primary amides is 1. The molecule has 0 radical (unpaired) electrons. The van der Waals surface area contributed by atoms with Gasteiger partial charge in [0.2, 0.25) is 0 Å². The number of carbonyl (C=O) groups is 3. The SMILES string of the molecule is NC(=O)NCCCCCC(=O)OCC(=O)C12CC3CC(CC(C3)C1)C2. The number of rotatable bonds is 9. The van der Waals surface area contributed by atoms with Crippen molar-refractivity contribution in [3.63, 3.8) is 0 Å². The molecule has 6 nitrogen and oxygen atoms in total. The number of hydrogen-bond acceptors (Lipinski definition) is 4. The summed E-state index contributed by atoms with van der Waals surface area (Å²) < 4.78 is 5.26. The van der Waals surface area contributed by atoms with E-state index in [2.05, 4.69) is 5.32 Å². The van der Waals surface area contributed by atoms with E-state index in [4.69, 9.17) is 10.5 Å². The van der Waals surface area contributed by atoms with E-state index in [9.17, 15) is 14.4 Å². The average molecular weight is 350 g/mol. The number of carbonyl (C=O) groups excluding carboxylic acids is 3. The van der Waals surface area contributed by atoms with Crippen LogP contribution in [0, 0.1) is 23.2 Å². The number of Topliss-reactive ketones (excluding diaryl/α,β-unsaturated/α-hetero) is 1. The molecule has 0 heterocycles. The molecule has 6 heteroatoms. The Balaban J connectivity index is 1.34. The van der Waals surface area contributed by atoms with Gasteiger partial charge in [-0.2, -0.15) is 0 Å². The highest BCUT2D eigenvalue weighted by molar-refractivity contribution is 5.88. The molecule has 140 valence electrons. The Morgan fingerprint density at radius 2 is 1.56 bits per heavy atom. The molecule has 0 aromatic rings. The fourth-order valence-corrected chi connectivity index (χ4v) is 5.61. The van der Waals surface area contributed by atoms with Gasteiger partial charge in [0.25, 0.3) is 0 Å². The van der Waals surface area contributed by atoms with Crippen molar-refractivity contribution in [1.29, 1.82) is 0 Å². The maximum Gasteiger partial charge on any atom is 0.312 e. The van der Waals surface area contributed by atoms with E-state index in [1.165, 1.54) is 19.3 Å². The second kappa shape index (κ2) is 7.75. The molecule has 4 aliphatic rings. The first kappa shape index (κ1) is 18.2. The third-order valence-electron chi connectivity index (χ3n) is 6.35. The van der Waals surface area contributed by atoms with Crippen LogP contribution < -0.4 is 11.1 Å². The van der Waals surface area contributed by atoms with Crippen molar-refractivity contribution in [2.75, 3.05) is 13.2 Å². The number of nitrogens with one attached hydrogen (secondary N) is 1. The Kier molecular flexibility index (Phi) is 5.64. The largest absolute Gasteiger partial charge is 0.458 e. The predicted molar refractivity (Wildman–Crippen MR) is 92.6 cm³/mol. The van der Waals surface area contributed by atoms with Crippen LogP contribution in [0.1, 0.15) is 64.2 Å². The molecule has 4 fully saturated rings. The van der Waals surface area contributed by atoms with Gasteiger partial charge in [-0.15, -0.1) is 0 Å². The third-order valence-corrected chi connectivity index (χ3v) is 6.35. The lowest BCUT2D eigenvalue weighted by molar-refractivity contribution is -0.157. The first-order chi connectivity index (χ1) is 12.0. The molecule has 0 aliphatic heterocycles. The van der Waals surface area contributed by atoms with Gasteiger partial charge < -0.3 is 15.8 Å². The maximum atomic E-state index is 12.8. The number of ether oxygens (including phenoxy) is 1. The van der Waals surface area contributed by atoms with Crippen LogP contribution in [0.15, 0.2) is 0 Å². The Bertz CT molecular complexity index is 496. The molecule has 0 unspecified atom stereocenters. The molecule has 2 amide bonds. The molecule has 0 spiro atoms. The van der Waals surface area contributed by atoms with Gasteiger partial charge in [-0.3, -0.25) is 9.59 Å². The highest BCUT2D eigenvalue weighted by Gasteiger charge is 2.54. The number of hydrogen-bond donors (Lipinski definition) is 2. The van der Waals surface area contributed by atoms with Gasteiger partial charge in [0.15, 0.2) is 12.4 Å². The molecular formula is C19H30N2O4. The predicted octanol–water partition coefficient (Wildman–Crippen LogP) is 2.54. The summed E-state index contributed by atoms with van der Waals surface area (Å²) in [6, 6.07) is -0.525. The van der Waals surface area contributed by atoms with Crippen LogP contribution in [-0.2, 0) is 14.3 Å². The smallest absolute Gasteiger partial charge is 0.312 e. The minimum absolute atomic E-state index is 0.0474. The maximum absolute atomic E-state index is 12.8. The van der Waals surface area contributed by atoms with Gasteiger partial charge >= 0.3 is 12.0 Å². The minimum Gasteiger partial charge on any atom is -0.458 e. The summed E-state index contributed by atoms with van der Waals surface area (Å²) in [4.78, 5) is 35.1. The van der Waals surface area contributed by atoms with Gasteiger partial charge in [-0.05, 0) is 69.1 Å². The van der Waals surface area contributed by atoms with Crippen LogP contribution >= 0.6 is 0 Å². The zero-order valence-electron chi connectivity index (χ0n) is 14.9. The molecule has 4 saturated carbocycles. The zero-order valence-corrected chi connectivity index (χ0v) is 14.9. The number of nitrogens with two attached hydrogens (primary N) is 1. The summed E-state index contributed by atoms with van der Waals surface area (Å²) in [6.45, 7) is 0.475. The fraction of sp³-hybridized carbons (Fsp3) is 0.842. The topological polar surface area (TPSA) is 98.5 Å². The van der Waals surface area contributed by atoms with Crippen LogP contribution in [0.5, 0.6) is 0 Å². The average Bonchev–Trinajstić information content (AvgIpc) is 2.54. The van der Waals surface area contributed by atoms with E-state index in [-0.39, 0.29) is 23.8 Å². The van der Waals surface area contributed by atoms with Gasteiger partial charge in [-0.1, -0.05) is 6.42 Å². The molecule has 4 bridgehead atoms. The number of unbranched alkanes of at least 4 members (excludes halogenated alkanes) is 2. The van der Waals surface area contributed by atoms with Crippen molar-refractivity contribution in [2.45, 2.75) is 64.2 Å². The Morgan fingerprint density at radius 1 is 0.960 bits per heavy atom. The molecule has 3 N–H and O–H groups in total. The van der Waals surface area contributed by atoms with Crippen molar-refractivity contribution in [3.8, 4) is 0 Å². The summed E-state index contributed by atoms with van der Waals surface area (Å²) in [5, 5.41) is 2.51. The van der Waals surface area contributed by atoms with E-state index in [1.807, 2.05) is 0 Å². The molecular weight excluding hydrogens is 320 g/mol. The zero-order chi connectivity index (χ0) is 17.9. The number of urea groups is 1. The van der Waals surface area contributed by atoms with Crippen molar-refractivity contribution >= 4 is 17.8 Å². The molecule has 0 aromatic heterocycles. The van der Waals surface area contributed by atoms with Gasteiger partial charge in [0.05, 0.1) is 0 Å². The van der Waals surface area contributed by atoms with Crippen LogP contribution in [0.4, 0.5) is 4.79 Å². The molecule has 4 aliphatic carbocycles. The number of esters is 1. The fourth-order valence-electron chi connectivity index (χ4n) is 5.61. The van der Waals surface area contributed by atoms with E-state index in [0.29, 0.717) is 19.4 Å². The van der Waals surface area contributed by atoms with Gasteiger partial charge in [-0.25, -0.2) is 4.79 Å². The van der Waals surface area contributed by atoms with E-state index < -0.39 is 6.03 Å². The first-order valence-electron chi connectivity index (χ1n) is 9.69. The Hall–Kier alpha value is -1.59. The molecule has 25 heavy (non-hydrogen) atoms. The molecule has 0 atom stereocenters. The van der Waals surface area contributed by atoms with Crippen molar-refractivity contribution in [2.24, 2.45) is 28.9 Å². The first-order valence-corrected chi connectivity index (χ1v) is 9.69. The number of ketones is 1. The van der Waals surface area contributed by atoms with E-state index >= 15 is 0 Å². The van der Waals surface area contributed by atoms with Crippen LogP contribution in [-0.4, -0.2) is 30.9 Å². The lowest BCUT2D eigenvalue weighted by atomic mass is 9.48. The van der Waals surface area contributed by atoms with Crippen LogP contribution in [0.3, 0.4) is 0 Å². The second-order valence-corrected chi connectivity index (χ2v) is 8.38. The van der Waals surface area contributed by atoms with Crippen LogP contribution in [0.25, 0.3) is 0 Å². The van der Waals surface area contributed by atoms with Crippen molar-refractivity contribution in [3.05, 3.63) is 0 Å². The molecule has 4 rings (SSSR count). The lowest BCUT2D eigenvalue weighted by Gasteiger charge is -2.55. The highest BCUT2D eigenvalue weighted by atomic mass is 16.5. The highest BCUT2D eigenvalue weighted by Crippen LogP contribution is 2.60. The van der Waals surface area contributed by atoms with Crippen molar-refractivity contribution < 1.29 is 19.1 Å². The minimum atomic E-state index is -0.525. The third kappa shape index (κ3) is 4.53. The summed E-state index contributed by atoms with van der Waals surface area (Å²) in [7, 11) is 0. The lowest BCUT2D eigenvalue weighted by Crippen LogP contribution is -2.51. The Morgan fingerprint density at radius 3 is 2.12 bits per heavy atom. The quantitative estimate of drug-likeness (QED) is 0.493. The monoisotopic (exact) mass is 350 g/mol. The normalized spacial score (nSPS) is 32.4. The summed E-state index contributed by atoms with van der Waals surface area (Å²) >= 11 is 0. The van der Waals surface area contributed by atoms with E-state index in [0.717, 1.165) is 49.9 Å². The second-order valence-electron chi connectivity index (χ2n) is 8.38. The summed E-state index contributed by atoms with van der Waals surface area (Å²) in [5.41, 5.74) is 4.79. The van der Waals surface area contributed by atoms with Gasteiger partial charge in [0.1, 0.15) is 0 Å². The van der Waals surface area contributed by atoms with Crippen molar-refractivity contribution in [1.82, 2.24) is 5.32 Å². The van der Waals surface area contributed by atoms with Gasteiger partial charge in [0, 0.05) is 18.4 Å². The van der Waals surface area contributed by atoms with E-state index in [1.54, 1.807) is 0 Å². The standard InChI is InChI=1S/C19H30N2O4/c20-18(24)21-5-3-1-2-4-17(23)25-12-16(22)19-9-13-6-14(10-19)8-15(7-13)11-19/h13-15H,1-12H2,(H3,20,21,24). The van der Waals surface area contributed by atoms with Crippen LogP contribution in [0.2, 0.25) is 0 Å². The summed E-state index contributed by atoms with van der Waals surface area (Å²) in [5.74, 6) is 2.03. The molecule has 0 saturated heterocycles. The summed E-state index contributed by atoms with van der Waals surface area (Å²) in [6.07, 6.45) is 9.58.